The van der Waals surface area contributed by atoms with Crippen molar-refractivity contribution in [2.24, 2.45) is 0 Å². The molecule has 7 heteroatoms. The number of pyridine rings is 1. The maximum absolute atomic E-state index is 10.4. The summed E-state index contributed by atoms with van der Waals surface area (Å²) in [4.78, 5) is 3.78. The second kappa shape index (κ2) is 6.09. The van der Waals surface area contributed by atoms with Gasteiger partial charge in [-0.25, -0.2) is 0 Å². The summed E-state index contributed by atoms with van der Waals surface area (Å²) < 4.78 is 29.9. The van der Waals surface area contributed by atoms with Crippen molar-refractivity contribution in [2.45, 2.75) is 4.21 Å². The first kappa shape index (κ1) is 13.3. The van der Waals surface area contributed by atoms with E-state index in [0.29, 0.717) is 3.79 Å². The van der Waals surface area contributed by atoms with Gasteiger partial charge in [-0.2, -0.15) is 8.42 Å². The summed E-state index contributed by atoms with van der Waals surface area (Å²) in [6.45, 7) is 0. The highest BCUT2D eigenvalue weighted by atomic mass is 79.9. The average molecular weight is 322 g/mol. The molecule has 0 aromatic carbocycles. The normalized spacial score (nSPS) is 10.4. The van der Waals surface area contributed by atoms with E-state index < -0.39 is 10.1 Å². The Kier molecular flexibility index (Phi) is 5.07. The highest BCUT2D eigenvalue weighted by molar-refractivity contribution is 9.11. The van der Waals surface area contributed by atoms with Crippen molar-refractivity contribution in [3.8, 4) is 0 Å². The van der Waals surface area contributed by atoms with Crippen LogP contribution in [-0.4, -0.2) is 18.0 Å². The predicted octanol–water partition coefficient (Wildman–Crippen LogP) is 2.84. The second-order valence-electron chi connectivity index (χ2n) is 2.56. The average Bonchev–Trinajstić information content (AvgIpc) is 2.68. The van der Waals surface area contributed by atoms with E-state index in [1.807, 2.05) is 18.2 Å². The van der Waals surface area contributed by atoms with Crippen LogP contribution in [0, 0.1) is 0 Å². The molecule has 1 N–H and O–H groups in total. The zero-order valence-corrected chi connectivity index (χ0v) is 11.2. The van der Waals surface area contributed by atoms with E-state index >= 15 is 0 Å². The fourth-order valence-electron chi connectivity index (χ4n) is 0.749. The van der Waals surface area contributed by atoms with Crippen molar-refractivity contribution >= 4 is 37.4 Å². The Morgan fingerprint density at radius 3 is 2.00 bits per heavy atom. The van der Waals surface area contributed by atoms with Crippen LogP contribution in [0.2, 0.25) is 0 Å². The molecule has 4 nitrogen and oxygen atoms in total. The van der Waals surface area contributed by atoms with Gasteiger partial charge in [-0.3, -0.25) is 9.54 Å². The maximum Gasteiger partial charge on any atom is 0.304 e. The number of hydrogen-bond donors (Lipinski definition) is 1. The van der Waals surface area contributed by atoms with Crippen LogP contribution in [0.1, 0.15) is 0 Å². The van der Waals surface area contributed by atoms with E-state index in [0.717, 1.165) is 11.3 Å². The molecule has 2 aromatic rings. The number of aromatic nitrogens is 1. The monoisotopic (exact) mass is 321 g/mol. The fourth-order valence-corrected chi connectivity index (χ4v) is 3.12. The van der Waals surface area contributed by atoms with Crippen molar-refractivity contribution in [1.29, 1.82) is 0 Å². The zero-order valence-electron chi connectivity index (χ0n) is 7.95. The van der Waals surface area contributed by atoms with Gasteiger partial charge in [0.1, 0.15) is 4.21 Å². The van der Waals surface area contributed by atoms with Gasteiger partial charge in [-0.05, 0) is 40.2 Å². The Hall–Kier alpha value is -0.760. The van der Waals surface area contributed by atoms with Gasteiger partial charge in [-0.1, -0.05) is 6.07 Å². The number of halogens is 1. The third kappa shape index (κ3) is 4.84. The predicted molar refractivity (Wildman–Crippen MR) is 66.1 cm³/mol. The second-order valence-corrected chi connectivity index (χ2v) is 6.67. The van der Waals surface area contributed by atoms with Crippen LogP contribution in [0.4, 0.5) is 0 Å². The molecule has 2 heterocycles. The topological polar surface area (TPSA) is 67.3 Å². The van der Waals surface area contributed by atoms with Gasteiger partial charge < -0.3 is 0 Å². The van der Waals surface area contributed by atoms with Crippen LogP contribution in [0.5, 0.6) is 0 Å². The molecule has 2 aromatic heterocycles. The molecule has 0 unspecified atom stereocenters. The highest BCUT2D eigenvalue weighted by Gasteiger charge is 2.10. The van der Waals surface area contributed by atoms with Crippen LogP contribution in [0.25, 0.3) is 0 Å². The number of rotatable bonds is 1. The van der Waals surface area contributed by atoms with Crippen LogP contribution in [0.3, 0.4) is 0 Å². The quantitative estimate of drug-likeness (QED) is 0.820. The van der Waals surface area contributed by atoms with E-state index in [9.17, 15) is 8.42 Å². The molecule has 0 amide bonds. The summed E-state index contributed by atoms with van der Waals surface area (Å²) in [5, 5.41) is 0. The molecule has 0 spiro atoms. The molecule has 0 radical (unpaired) electrons. The minimum atomic E-state index is -3.99. The molecule has 0 saturated carbocycles. The van der Waals surface area contributed by atoms with Crippen molar-refractivity contribution < 1.29 is 13.0 Å². The lowest BCUT2D eigenvalue weighted by atomic mass is 10.5. The van der Waals surface area contributed by atoms with Crippen molar-refractivity contribution in [1.82, 2.24) is 4.98 Å². The minimum Gasteiger partial charge on any atom is -0.281 e. The molecule has 0 bridgehead atoms. The van der Waals surface area contributed by atoms with Gasteiger partial charge in [0, 0.05) is 12.4 Å². The first-order valence-electron chi connectivity index (χ1n) is 4.08. The van der Waals surface area contributed by atoms with Gasteiger partial charge >= 0.3 is 10.1 Å². The molecular formula is C9H8BrNO3S2. The van der Waals surface area contributed by atoms with E-state index in [-0.39, 0.29) is 4.21 Å². The summed E-state index contributed by atoms with van der Waals surface area (Å²) in [5.74, 6) is 0. The maximum atomic E-state index is 10.4. The van der Waals surface area contributed by atoms with Gasteiger partial charge in [0.15, 0.2) is 0 Å². The molecule has 0 saturated heterocycles. The SMILES string of the molecule is O=S(=O)(O)c1ccc(Br)s1.c1ccncc1. The third-order valence-corrected chi connectivity index (χ3v) is 4.31. The first-order chi connectivity index (χ1) is 7.50. The minimum absolute atomic E-state index is 0.0422. The molecule has 86 valence electrons. The van der Waals surface area contributed by atoms with Crippen molar-refractivity contribution in [3.05, 3.63) is 46.5 Å². The lowest BCUT2D eigenvalue weighted by Gasteiger charge is -1.85. The first-order valence-corrected chi connectivity index (χ1v) is 7.13. The standard InChI is InChI=1S/C5H5N.C4H3BrO3S2/c1-2-4-6-5-3-1;5-3-1-2-4(9-3)10(6,7)8/h1-5H;1-2H,(H,6,7,8). The van der Waals surface area contributed by atoms with Crippen LogP contribution in [-0.2, 0) is 10.1 Å². The lowest BCUT2D eigenvalue weighted by Crippen LogP contribution is -1.92. The Morgan fingerprint density at radius 2 is 1.81 bits per heavy atom. The highest BCUT2D eigenvalue weighted by Crippen LogP contribution is 2.25. The van der Waals surface area contributed by atoms with Gasteiger partial charge in [-0.15, -0.1) is 11.3 Å². The molecular weight excluding hydrogens is 314 g/mol. The molecule has 2 rings (SSSR count). The fraction of sp³-hybridized carbons (Fsp3) is 0. The summed E-state index contributed by atoms with van der Waals surface area (Å²) in [6, 6.07) is 8.62. The summed E-state index contributed by atoms with van der Waals surface area (Å²) >= 11 is 4.04. The number of nitrogens with zero attached hydrogens (tertiary/aromatic N) is 1. The van der Waals surface area contributed by atoms with Crippen LogP contribution in [0.15, 0.2) is 50.7 Å². The van der Waals surface area contributed by atoms with Crippen molar-refractivity contribution in [3.63, 3.8) is 0 Å². The van der Waals surface area contributed by atoms with Crippen LogP contribution < -0.4 is 0 Å². The van der Waals surface area contributed by atoms with Crippen LogP contribution >= 0.6 is 27.3 Å². The Bertz CT molecular complexity index is 498. The number of hydrogen-bond acceptors (Lipinski definition) is 4. The molecule has 0 fully saturated rings. The Labute approximate surface area is 106 Å². The van der Waals surface area contributed by atoms with E-state index in [1.54, 1.807) is 18.5 Å². The van der Waals surface area contributed by atoms with Gasteiger partial charge in [0.25, 0.3) is 0 Å². The van der Waals surface area contributed by atoms with Gasteiger partial charge in [0.05, 0.1) is 3.79 Å². The van der Waals surface area contributed by atoms with Gasteiger partial charge in [0.2, 0.25) is 0 Å². The summed E-state index contributed by atoms with van der Waals surface area (Å²) in [6.07, 6.45) is 3.50. The van der Waals surface area contributed by atoms with E-state index in [2.05, 4.69) is 20.9 Å². The summed E-state index contributed by atoms with van der Waals surface area (Å²) in [5.41, 5.74) is 0. The molecule has 0 aliphatic heterocycles. The molecule has 16 heavy (non-hydrogen) atoms. The van der Waals surface area contributed by atoms with E-state index in [4.69, 9.17) is 4.55 Å². The Morgan fingerprint density at radius 1 is 1.19 bits per heavy atom. The Balaban J connectivity index is 0.000000181. The molecule has 0 aliphatic carbocycles. The largest absolute Gasteiger partial charge is 0.304 e. The smallest absolute Gasteiger partial charge is 0.281 e. The zero-order chi connectivity index (χ0) is 12.0. The van der Waals surface area contributed by atoms with E-state index in [1.165, 1.54) is 6.07 Å². The third-order valence-electron chi connectivity index (χ3n) is 1.37. The van der Waals surface area contributed by atoms with Crippen molar-refractivity contribution in [2.75, 3.05) is 0 Å². The molecule has 0 atom stereocenters. The summed E-state index contributed by atoms with van der Waals surface area (Å²) in [7, 11) is -3.99. The molecule has 0 aliphatic rings. The lowest BCUT2D eigenvalue weighted by molar-refractivity contribution is 0.485. The number of thiophene rings is 1.